The Labute approximate surface area is 138 Å². The Balaban J connectivity index is 2.23. The number of thiocarbonyl (C=S) groups is 1. The predicted octanol–water partition coefficient (Wildman–Crippen LogP) is 3.31. The van der Waals surface area contributed by atoms with Crippen molar-refractivity contribution in [3.05, 3.63) is 52.4 Å². The molecule has 1 aliphatic heterocycles. The van der Waals surface area contributed by atoms with Crippen molar-refractivity contribution in [2.24, 2.45) is 0 Å². The van der Waals surface area contributed by atoms with E-state index in [1.165, 1.54) is 6.92 Å². The highest BCUT2D eigenvalue weighted by Gasteiger charge is 2.38. The Morgan fingerprint density at radius 1 is 1.36 bits per heavy atom. The highest BCUT2D eigenvalue weighted by atomic mass is 32.2. The molecule has 114 valence electrons. The van der Waals surface area contributed by atoms with Crippen molar-refractivity contribution in [3.8, 4) is 0 Å². The van der Waals surface area contributed by atoms with Crippen molar-refractivity contribution < 1.29 is 14.7 Å². The number of thioether (sulfide) groups is 1. The van der Waals surface area contributed by atoms with Gasteiger partial charge in [0.1, 0.15) is 10.4 Å². The Morgan fingerprint density at radius 3 is 2.59 bits per heavy atom. The summed E-state index contributed by atoms with van der Waals surface area (Å²) in [6.45, 7) is 3.34. The summed E-state index contributed by atoms with van der Waals surface area (Å²) < 4.78 is 0.277. The molecule has 2 rings (SSSR count). The van der Waals surface area contributed by atoms with Crippen LogP contribution in [0.3, 0.4) is 0 Å². The van der Waals surface area contributed by atoms with E-state index < -0.39 is 12.0 Å². The molecule has 0 unspecified atom stereocenters. The zero-order valence-electron chi connectivity index (χ0n) is 12.1. The fraction of sp³-hybridized carbons (Fsp3) is 0.188. The van der Waals surface area contributed by atoms with E-state index in [-0.39, 0.29) is 10.2 Å². The van der Waals surface area contributed by atoms with Crippen LogP contribution in [0.2, 0.25) is 0 Å². The van der Waals surface area contributed by atoms with Crippen LogP contribution < -0.4 is 0 Å². The minimum absolute atomic E-state index is 0.277. The lowest BCUT2D eigenvalue weighted by Gasteiger charge is -2.18. The third-order valence-corrected chi connectivity index (χ3v) is 4.45. The molecule has 4 nitrogen and oxygen atoms in total. The molecule has 1 aromatic rings. The van der Waals surface area contributed by atoms with E-state index in [0.717, 1.165) is 27.8 Å². The number of amides is 1. The lowest BCUT2D eigenvalue weighted by atomic mass is 10.1. The van der Waals surface area contributed by atoms with Crippen molar-refractivity contribution in [2.45, 2.75) is 19.9 Å². The van der Waals surface area contributed by atoms with Gasteiger partial charge in [0.25, 0.3) is 5.91 Å². The lowest BCUT2D eigenvalue weighted by molar-refractivity contribution is -0.144. The third-order valence-electron chi connectivity index (χ3n) is 3.12. The number of carboxylic acid groups (broad SMARTS) is 1. The second-order valence-electron chi connectivity index (χ2n) is 4.86. The second kappa shape index (κ2) is 6.89. The molecular formula is C16H15NO3S2. The van der Waals surface area contributed by atoms with E-state index in [1.807, 2.05) is 43.3 Å². The summed E-state index contributed by atoms with van der Waals surface area (Å²) in [5, 5.41) is 9.05. The fourth-order valence-electron chi connectivity index (χ4n) is 1.98. The van der Waals surface area contributed by atoms with Gasteiger partial charge in [0, 0.05) is 0 Å². The van der Waals surface area contributed by atoms with Gasteiger partial charge in [-0.3, -0.25) is 9.69 Å². The fourth-order valence-corrected chi connectivity index (χ4v) is 3.45. The van der Waals surface area contributed by atoms with Crippen molar-refractivity contribution in [1.82, 2.24) is 4.90 Å². The van der Waals surface area contributed by atoms with Crippen LogP contribution in [-0.2, 0) is 9.59 Å². The first-order chi connectivity index (χ1) is 10.4. The Morgan fingerprint density at radius 2 is 2.00 bits per heavy atom. The van der Waals surface area contributed by atoms with Gasteiger partial charge in [0.15, 0.2) is 0 Å². The molecule has 0 spiro atoms. The summed E-state index contributed by atoms with van der Waals surface area (Å²) >= 11 is 6.25. The van der Waals surface area contributed by atoms with Gasteiger partial charge in [-0.25, -0.2) is 4.79 Å². The van der Waals surface area contributed by atoms with Crippen molar-refractivity contribution in [2.75, 3.05) is 0 Å². The normalized spacial score (nSPS) is 18.9. The van der Waals surface area contributed by atoms with Gasteiger partial charge in [0.2, 0.25) is 0 Å². The largest absolute Gasteiger partial charge is 0.480 e. The highest BCUT2D eigenvalue weighted by Crippen LogP contribution is 2.33. The topological polar surface area (TPSA) is 57.6 Å². The van der Waals surface area contributed by atoms with E-state index in [2.05, 4.69) is 0 Å². The number of hydrogen-bond acceptors (Lipinski definition) is 4. The van der Waals surface area contributed by atoms with Crippen LogP contribution in [-0.4, -0.2) is 32.2 Å². The Kier molecular flexibility index (Phi) is 5.15. The monoisotopic (exact) mass is 333 g/mol. The molecule has 0 saturated carbocycles. The molecule has 0 radical (unpaired) electrons. The first-order valence-corrected chi connectivity index (χ1v) is 7.86. The molecule has 1 aromatic carbocycles. The number of allylic oxidation sites excluding steroid dienone is 2. The van der Waals surface area contributed by atoms with E-state index in [0.29, 0.717) is 4.91 Å². The molecule has 1 N–H and O–H groups in total. The standard InChI is InChI=1S/C16H15NO3S2/c1-10(8-12-6-4-3-5-7-12)9-13-14(18)17(16(21)22-13)11(2)15(19)20/h3-9,11H,1-2H3,(H,19,20)/t11-/m0/s1. The van der Waals surface area contributed by atoms with Crippen LogP contribution in [0, 0.1) is 0 Å². The maximum atomic E-state index is 12.3. The maximum absolute atomic E-state index is 12.3. The molecule has 1 heterocycles. The summed E-state index contributed by atoms with van der Waals surface area (Å²) in [7, 11) is 0. The summed E-state index contributed by atoms with van der Waals surface area (Å²) in [6, 6.07) is 8.78. The van der Waals surface area contributed by atoms with Crippen LogP contribution in [0.4, 0.5) is 0 Å². The number of nitrogens with zero attached hydrogens (tertiary/aromatic N) is 1. The molecule has 0 aliphatic carbocycles. The van der Waals surface area contributed by atoms with E-state index >= 15 is 0 Å². The quantitative estimate of drug-likeness (QED) is 0.677. The lowest BCUT2D eigenvalue weighted by Crippen LogP contribution is -2.41. The molecule has 1 saturated heterocycles. The highest BCUT2D eigenvalue weighted by molar-refractivity contribution is 8.26. The number of aliphatic carboxylic acids is 1. The van der Waals surface area contributed by atoms with Gasteiger partial charge in [0.05, 0.1) is 4.91 Å². The van der Waals surface area contributed by atoms with Crippen LogP contribution in [0.5, 0.6) is 0 Å². The number of rotatable bonds is 4. The number of carboxylic acids is 1. The van der Waals surface area contributed by atoms with Crippen LogP contribution in [0.15, 0.2) is 46.9 Å². The Hall–Kier alpha value is -1.92. The summed E-state index contributed by atoms with van der Waals surface area (Å²) in [5.41, 5.74) is 1.93. The average molecular weight is 333 g/mol. The van der Waals surface area contributed by atoms with E-state index in [1.54, 1.807) is 6.08 Å². The van der Waals surface area contributed by atoms with Crippen LogP contribution in [0.1, 0.15) is 19.4 Å². The van der Waals surface area contributed by atoms with Gasteiger partial charge in [-0.2, -0.15) is 0 Å². The maximum Gasteiger partial charge on any atom is 0.326 e. The van der Waals surface area contributed by atoms with Crippen LogP contribution >= 0.6 is 24.0 Å². The summed E-state index contributed by atoms with van der Waals surface area (Å²) in [4.78, 5) is 25.0. The summed E-state index contributed by atoms with van der Waals surface area (Å²) in [5.74, 6) is -1.43. The van der Waals surface area contributed by atoms with Crippen LogP contribution in [0.25, 0.3) is 6.08 Å². The van der Waals surface area contributed by atoms with E-state index in [4.69, 9.17) is 17.3 Å². The first kappa shape index (κ1) is 16.5. The third kappa shape index (κ3) is 3.64. The van der Waals surface area contributed by atoms with Crippen molar-refractivity contribution >= 4 is 46.3 Å². The Bertz CT molecular complexity index is 680. The number of carbonyl (C=O) groups is 2. The smallest absolute Gasteiger partial charge is 0.326 e. The molecule has 1 amide bonds. The molecule has 1 atom stereocenters. The molecule has 1 fully saturated rings. The molecule has 0 aromatic heterocycles. The van der Waals surface area contributed by atoms with Crippen molar-refractivity contribution in [3.63, 3.8) is 0 Å². The SMILES string of the molecule is CC(=Cc1ccccc1)C=C1SC(=S)N([C@@H](C)C(=O)O)C1=O. The number of benzene rings is 1. The summed E-state index contributed by atoms with van der Waals surface area (Å²) in [6.07, 6.45) is 3.69. The molecular weight excluding hydrogens is 318 g/mol. The van der Waals surface area contributed by atoms with Gasteiger partial charge < -0.3 is 5.11 Å². The first-order valence-electron chi connectivity index (χ1n) is 6.63. The molecule has 1 aliphatic rings. The average Bonchev–Trinajstić information content (AvgIpc) is 2.73. The predicted molar refractivity (Wildman–Crippen MR) is 92.3 cm³/mol. The number of carbonyl (C=O) groups excluding carboxylic acids is 1. The number of hydrogen-bond donors (Lipinski definition) is 1. The minimum Gasteiger partial charge on any atom is -0.480 e. The van der Waals surface area contributed by atoms with Gasteiger partial charge >= 0.3 is 5.97 Å². The molecule has 0 bridgehead atoms. The van der Waals surface area contributed by atoms with Crippen molar-refractivity contribution in [1.29, 1.82) is 0 Å². The second-order valence-corrected chi connectivity index (χ2v) is 6.54. The minimum atomic E-state index is -1.07. The molecule has 6 heteroatoms. The van der Waals surface area contributed by atoms with Gasteiger partial charge in [-0.05, 0) is 31.1 Å². The van der Waals surface area contributed by atoms with Gasteiger partial charge in [-0.1, -0.05) is 60.4 Å². The zero-order valence-corrected chi connectivity index (χ0v) is 13.8. The zero-order chi connectivity index (χ0) is 16.3. The van der Waals surface area contributed by atoms with E-state index in [9.17, 15) is 9.59 Å². The van der Waals surface area contributed by atoms with Gasteiger partial charge in [-0.15, -0.1) is 0 Å². The molecule has 22 heavy (non-hydrogen) atoms.